The van der Waals surface area contributed by atoms with Crippen LogP contribution in [-0.4, -0.2) is 243 Å². The minimum atomic E-state index is -5.61. The summed E-state index contributed by atoms with van der Waals surface area (Å²) in [5, 5.41) is 78.0. The second-order valence-corrected chi connectivity index (χ2v) is 36.9. The molecule has 5 aliphatic heterocycles. The average molecular weight is 1890 g/mol. The first kappa shape index (κ1) is 95.9. The SMILES string of the molecule is CO[C@@H]1[C@H](O)[C@@H](COP(=O)(O)O[C@H]2C[C@H](n3cc(/C=C/C(O)=NCCN(CCN=C(O)CCCC[n+]4c(C=C5C=CN(C)c6ccccc65)sc5ccccc54)CCN=C(O)CCCC[n+]4c(C=C5C=CN(C)c6ccccc65)sc5ccccc54)c(O)nc3=O)O[C@@H]2CO[P+]([O-])(O)O[C@H]2[C@@H](OC)[C@H](n3ccc(O)nc3=O)O[C@@H]2CO[P+]([O-])(O)O)O[C@H]1n1ccc(O)nc1=O. The number of aromatic hydroxyl groups is 3. The third-order valence-corrected chi connectivity index (χ3v) is 26.8. The van der Waals surface area contributed by atoms with E-state index in [0.29, 0.717) is 51.9 Å². The smallest absolute Gasteiger partial charge is 0.472 e. The average Bonchev–Trinajstić information content (AvgIpc) is 1.58. The summed E-state index contributed by atoms with van der Waals surface area (Å²) in [6, 6.07) is 35.1. The van der Waals surface area contributed by atoms with Gasteiger partial charge in [-0.1, -0.05) is 83.3 Å². The van der Waals surface area contributed by atoms with Crippen molar-refractivity contribution in [3.05, 3.63) is 217 Å². The van der Waals surface area contributed by atoms with E-state index in [1.807, 2.05) is 67.5 Å². The highest BCUT2D eigenvalue weighted by molar-refractivity contribution is 7.53. The minimum Gasteiger partial charge on any atom is -0.606 e. The van der Waals surface area contributed by atoms with Crippen molar-refractivity contribution in [1.82, 2.24) is 33.6 Å². The van der Waals surface area contributed by atoms with Gasteiger partial charge in [0.05, 0.1) is 31.8 Å². The molecule has 14 rings (SSSR count). The fourth-order valence-corrected chi connectivity index (χ4v) is 20.2. The predicted octanol–water partition coefficient (Wildman–Crippen LogP) is 6.26. The Kier molecular flexibility index (Phi) is 31.7. The lowest BCUT2D eigenvalue weighted by Crippen LogP contribution is -2.41. The summed E-state index contributed by atoms with van der Waals surface area (Å²) in [5.41, 5.74) is 5.30. The molecule has 0 radical (unpaired) electrons. The molecule has 4 aromatic carbocycles. The highest BCUT2D eigenvalue weighted by atomic mass is 32.1. The maximum Gasteiger partial charge on any atom is 0.472 e. The van der Waals surface area contributed by atoms with Crippen LogP contribution in [0.2, 0.25) is 0 Å². The van der Waals surface area contributed by atoms with Crippen molar-refractivity contribution < 1.29 is 125 Å². The van der Waals surface area contributed by atoms with E-state index in [9.17, 15) is 84.1 Å². The van der Waals surface area contributed by atoms with E-state index in [4.69, 9.17) is 41.8 Å². The molecule has 0 bridgehead atoms. The monoisotopic (exact) mass is 1890 g/mol. The number of nitrogens with zero attached hydrogens (tertiary/aromatic N) is 14. The number of methoxy groups -OCH3 is 2. The van der Waals surface area contributed by atoms with Crippen molar-refractivity contribution in [3.8, 4) is 17.6 Å². The summed E-state index contributed by atoms with van der Waals surface area (Å²) in [7, 11) is -10.1. The number of phosphoric ester groups is 3. The Hall–Kier alpha value is -10.2. The Morgan fingerprint density at radius 1 is 0.623 bits per heavy atom. The van der Waals surface area contributed by atoms with Gasteiger partial charge in [-0.15, -0.1) is 0 Å². The predicted molar refractivity (Wildman–Crippen MR) is 478 cm³/mol. The Balaban J connectivity index is 0.652. The van der Waals surface area contributed by atoms with E-state index >= 15 is 0 Å². The summed E-state index contributed by atoms with van der Waals surface area (Å²) in [4.78, 5) is 138. The summed E-state index contributed by atoms with van der Waals surface area (Å²) in [5.74, 6) is -2.81. The molecule has 10 heterocycles. The normalized spacial score (nSPS) is 23.0. The molecular weight excluding hydrogens is 1790 g/mol. The number of benzene rings is 4. The Morgan fingerprint density at radius 3 is 1.66 bits per heavy atom. The van der Waals surface area contributed by atoms with Gasteiger partial charge in [0, 0.05) is 176 Å². The molecule has 692 valence electrons. The fraction of sp³-hybridized carbons (Fsp3) is 0.393. The number of anilines is 2. The van der Waals surface area contributed by atoms with Crippen LogP contribution >= 0.6 is 46.8 Å². The lowest BCUT2D eigenvalue weighted by molar-refractivity contribution is -0.669. The number of para-hydroxylation sites is 4. The van der Waals surface area contributed by atoms with Crippen LogP contribution in [-0.2, 0) is 64.0 Å². The highest BCUT2D eigenvalue weighted by Gasteiger charge is 2.55. The van der Waals surface area contributed by atoms with Gasteiger partial charge in [0.15, 0.2) is 43.4 Å². The maximum atomic E-state index is 14.1. The van der Waals surface area contributed by atoms with Crippen LogP contribution in [0.15, 0.2) is 188 Å². The summed E-state index contributed by atoms with van der Waals surface area (Å²) in [6.07, 6.45) is 2.83. The van der Waals surface area contributed by atoms with Crippen molar-refractivity contribution >= 4 is 126 Å². The van der Waals surface area contributed by atoms with Gasteiger partial charge < -0.3 is 83.9 Å². The first-order valence-electron chi connectivity index (χ1n) is 41.3. The molecule has 2 unspecified atom stereocenters. The van der Waals surface area contributed by atoms with Crippen LogP contribution in [0.5, 0.6) is 17.6 Å². The molecule has 0 aliphatic carbocycles. The molecule has 9 aromatic rings. The molecule has 3 saturated heterocycles. The topological polar surface area (TPSA) is 537 Å². The molecular formula is C84H99N14O27P3S2+2. The van der Waals surface area contributed by atoms with Crippen molar-refractivity contribution in [2.75, 3.05) is 97.2 Å². The van der Waals surface area contributed by atoms with Gasteiger partial charge in [0.1, 0.15) is 71.6 Å². The number of aromatic nitrogens is 8. The summed E-state index contributed by atoms with van der Waals surface area (Å²) < 4.78 is 78.5. The van der Waals surface area contributed by atoms with Gasteiger partial charge in [-0.3, -0.25) is 42.6 Å². The molecule has 41 nitrogen and oxygen atoms in total. The van der Waals surface area contributed by atoms with Crippen LogP contribution in [0.1, 0.15) is 90.3 Å². The number of ether oxygens (including phenoxy) is 5. The molecule has 0 saturated carbocycles. The second kappa shape index (κ2) is 43.0. The quantitative estimate of drug-likeness (QED) is 0.00662. The van der Waals surface area contributed by atoms with E-state index in [0.717, 1.165) is 141 Å². The van der Waals surface area contributed by atoms with Crippen LogP contribution in [0, 0.1) is 0 Å². The lowest BCUT2D eigenvalue weighted by Gasteiger charge is -2.29. The number of hydrogen-bond acceptors (Lipinski definition) is 34. The van der Waals surface area contributed by atoms with Crippen LogP contribution in [0.4, 0.5) is 11.4 Å². The fourth-order valence-electron chi connectivity index (χ4n) is 15.6. The molecule has 5 aliphatic rings. The van der Waals surface area contributed by atoms with E-state index in [1.165, 1.54) is 7.11 Å². The van der Waals surface area contributed by atoms with Gasteiger partial charge in [-0.2, -0.15) is 52.3 Å². The molecule has 3 fully saturated rings. The number of aliphatic imine (C=N–C) groups is 3. The minimum absolute atomic E-state index is 0.0238. The van der Waals surface area contributed by atoms with E-state index in [-0.39, 0.29) is 43.5 Å². The van der Waals surface area contributed by atoms with Gasteiger partial charge >= 0.3 is 41.2 Å². The Bertz CT molecular complexity index is 5840. The third-order valence-electron chi connectivity index (χ3n) is 22.1. The number of aryl methyl sites for hydroxylation is 2. The third kappa shape index (κ3) is 24.0. The van der Waals surface area contributed by atoms with Gasteiger partial charge in [0.2, 0.25) is 34.6 Å². The maximum absolute atomic E-state index is 14.1. The number of rotatable bonds is 41. The van der Waals surface area contributed by atoms with Crippen molar-refractivity contribution in [2.45, 2.75) is 126 Å². The number of fused-ring (bicyclic) bond motifs is 4. The second-order valence-electron chi connectivity index (χ2n) is 30.7. The number of phosphoric acid groups is 3. The number of aliphatic hydroxyl groups excluding tert-OH is 4. The van der Waals surface area contributed by atoms with Crippen LogP contribution in [0.3, 0.4) is 0 Å². The first-order valence-corrected chi connectivity index (χ1v) is 47.5. The molecule has 0 spiro atoms. The largest absolute Gasteiger partial charge is 0.606 e. The molecule has 0 amide bonds. The number of allylic oxidation sites excluding steroid dienone is 4. The number of unbranched alkanes of at least 4 members (excludes halogenated alkanes) is 2. The van der Waals surface area contributed by atoms with Crippen molar-refractivity contribution in [2.24, 2.45) is 15.0 Å². The van der Waals surface area contributed by atoms with E-state index in [1.54, 1.807) is 22.7 Å². The zero-order chi connectivity index (χ0) is 92.1. The van der Waals surface area contributed by atoms with E-state index in [2.05, 4.69) is 139 Å². The molecule has 13 atom stereocenters. The standard InChI is InChI=1S/C84H97N14O27P3S2/c1-91-38-29-52(55-17-5-7-19-57(55)91)45-73-94(59-21-9-11-23-65(59)129-73)36-15-13-25-67(99)85-33-42-93(43-34-86-68(100)26-14-16-37-95-60-22-10-12-24-66(60)130-74(95)46-53-30-39-92(2)58-20-8-6-18-56(53)58)44-35-87-69(101)28-27-54-48-98(84(108)90-79(54)105)72-47-61(124-127(112,113)120-50-63-75(104)77(116-3)80(122-63)96-40-31-70(102)88-82(96)106)62(121-72)49-119-128(114,115)125-76-64(51-118-126(109,110)111)123-81(78(76)117-4)97-41-32-71(103)89-83(97)107/h5-12,17-24,27-32,38-41,45-46,48,61-64,72,75-78,80-81,104H,13-16,25-26,33-37,42-44,47,49-51H2,1-4H3,(H8-2,85,86,87,88,89,90,99,100,101,102,103,105,106,107,108,109,110,111,112,113,114,115)/p+2/b28-27+/t61-,62+,63+,64+,72+,75+,76+,77+,78+,80+,81+/m0/s1. The van der Waals surface area contributed by atoms with Gasteiger partial charge in [-0.05, 0) is 66.5 Å². The zero-order valence-electron chi connectivity index (χ0n) is 70.7. The number of thiazole rings is 2. The Morgan fingerprint density at radius 2 is 1.12 bits per heavy atom. The van der Waals surface area contributed by atoms with Gasteiger partial charge in [0.25, 0.3) is 10.0 Å². The van der Waals surface area contributed by atoms with E-state index < -0.39 is 159 Å². The molecule has 5 aromatic heterocycles. The Labute approximate surface area is 752 Å². The summed E-state index contributed by atoms with van der Waals surface area (Å²) in [6.45, 7) is -0.678. The molecule has 11 N–H and O–H groups in total. The highest BCUT2D eigenvalue weighted by Crippen LogP contribution is 2.55. The zero-order valence-corrected chi connectivity index (χ0v) is 75.0. The van der Waals surface area contributed by atoms with Crippen LogP contribution in [0.25, 0.3) is 49.8 Å². The van der Waals surface area contributed by atoms with Crippen LogP contribution < -0.4 is 45.8 Å². The lowest BCUT2D eigenvalue weighted by atomic mass is 10.00. The number of hydrogen-bond donors (Lipinski definition) is 11. The van der Waals surface area contributed by atoms with Gasteiger partial charge in [-0.25, -0.2) is 18.9 Å². The molecule has 130 heavy (non-hydrogen) atoms. The van der Waals surface area contributed by atoms with Crippen molar-refractivity contribution in [1.29, 1.82) is 0 Å². The van der Waals surface area contributed by atoms with Crippen molar-refractivity contribution in [3.63, 3.8) is 0 Å². The number of aliphatic hydroxyl groups is 4. The summed E-state index contributed by atoms with van der Waals surface area (Å²) >= 11 is 3.43. The molecule has 46 heteroatoms. The first-order chi connectivity index (χ1) is 62.4.